The van der Waals surface area contributed by atoms with E-state index < -0.39 is 34.8 Å². The van der Waals surface area contributed by atoms with Crippen molar-refractivity contribution in [3.8, 4) is 11.6 Å². The fourth-order valence-electron chi connectivity index (χ4n) is 1.23. The molecule has 0 amide bonds. The first-order chi connectivity index (χ1) is 8.91. The van der Waals surface area contributed by atoms with Crippen LogP contribution in [0.15, 0.2) is 18.3 Å². The molecule has 0 saturated carbocycles. The predicted octanol–water partition coefficient (Wildman–Crippen LogP) is 3.15. The topological polar surface area (TPSA) is 48.1 Å². The number of pyridine rings is 1. The van der Waals surface area contributed by atoms with Crippen molar-refractivity contribution in [3.63, 3.8) is 0 Å². The van der Waals surface area contributed by atoms with E-state index in [1.165, 1.54) is 6.07 Å². The fourth-order valence-corrected chi connectivity index (χ4v) is 1.23. The zero-order chi connectivity index (χ0) is 14.2. The molecule has 2 N–H and O–H groups in total. The maximum absolute atomic E-state index is 13.3. The smallest absolute Gasteiger partial charge is 0.219 e. The summed E-state index contributed by atoms with van der Waals surface area (Å²) in [5.74, 6) is -12.4. The minimum absolute atomic E-state index is 0.241. The van der Waals surface area contributed by atoms with Crippen LogP contribution in [-0.2, 0) is 0 Å². The van der Waals surface area contributed by atoms with Crippen LogP contribution in [0.3, 0.4) is 0 Å². The molecule has 0 aliphatic heterocycles. The van der Waals surface area contributed by atoms with Crippen LogP contribution in [0.25, 0.3) is 0 Å². The van der Waals surface area contributed by atoms with Crippen molar-refractivity contribution in [1.29, 1.82) is 0 Å². The van der Waals surface area contributed by atoms with Crippen LogP contribution in [0.2, 0.25) is 0 Å². The van der Waals surface area contributed by atoms with E-state index in [1.54, 1.807) is 0 Å². The number of aromatic nitrogens is 1. The lowest BCUT2D eigenvalue weighted by Crippen LogP contribution is -2.04. The van der Waals surface area contributed by atoms with Crippen LogP contribution in [0.1, 0.15) is 0 Å². The summed E-state index contributed by atoms with van der Waals surface area (Å²) < 4.78 is 69.6. The second kappa shape index (κ2) is 4.71. The van der Waals surface area contributed by atoms with Crippen LogP contribution >= 0.6 is 0 Å². The summed E-state index contributed by atoms with van der Waals surface area (Å²) in [6, 6.07) is 2.40. The Kier molecular flexibility index (Phi) is 3.24. The van der Waals surface area contributed by atoms with Crippen LogP contribution in [0, 0.1) is 29.1 Å². The first-order valence-electron chi connectivity index (χ1n) is 4.82. The molecule has 0 unspecified atom stereocenters. The van der Waals surface area contributed by atoms with E-state index in [1.807, 2.05) is 0 Å². The average molecular weight is 276 g/mol. The predicted molar refractivity (Wildman–Crippen MR) is 55.0 cm³/mol. The SMILES string of the molecule is Nc1ccc(Oc2c(F)c(F)c(F)c(F)c2F)nc1. The number of rotatable bonds is 2. The summed E-state index contributed by atoms with van der Waals surface area (Å²) in [6.45, 7) is 0. The Bertz CT molecular complexity index is 601. The second-order valence-corrected chi connectivity index (χ2v) is 3.43. The minimum Gasteiger partial charge on any atom is -0.433 e. The molecule has 8 heteroatoms. The summed E-state index contributed by atoms with van der Waals surface area (Å²) in [5, 5.41) is 0. The number of nitrogens with zero attached hydrogens (tertiary/aromatic N) is 1. The lowest BCUT2D eigenvalue weighted by Gasteiger charge is -2.09. The number of halogens is 5. The van der Waals surface area contributed by atoms with Gasteiger partial charge in [-0.1, -0.05) is 0 Å². The van der Waals surface area contributed by atoms with Gasteiger partial charge in [0.1, 0.15) is 0 Å². The number of anilines is 1. The number of ether oxygens (including phenoxy) is 1. The van der Waals surface area contributed by atoms with Crippen molar-refractivity contribution in [1.82, 2.24) is 4.98 Å². The van der Waals surface area contributed by atoms with Gasteiger partial charge in [-0.2, -0.15) is 8.78 Å². The zero-order valence-corrected chi connectivity index (χ0v) is 9.05. The van der Waals surface area contributed by atoms with Gasteiger partial charge in [-0.15, -0.1) is 0 Å². The van der Waals surface area contributed by atoms with Crippen molar-refractivity contribution in [2.75, 3.05) is 5.73 Å². The monoisotopic (exact) mass is 276 g/mol. The molecule has 0 fully saturated rings. The highest BCUT2D eigenvalue weighted by Gasteiger charge is 2.27. The molecule has 2 aromatic rings. The highest BCUT2D eigenvalue weighted by molar-refractivity contribution is 5.38. The Morgan fingerprint density at radius 1 is 0.842 bits per heavy atom. The van der Waals surface area contributed by atoms with E-state index in [0.717, 1.165) is 12.3 Å². The quantitative estimate of drug-likeness (QED) is 0.520. The Morgan fingerprint density at radius 2 is 1.37 bits per heavy atom. The highest BCUT2D eigenvalue weighted by atomic mass is 19.2. The molecule has 0 atom stereocenters. The van der Waals surface area contributed by atoms with Gasteiger partial charge < -0.3 is 10.5 Å². The van der Waals surface area contributed by atoms with Crippen LogP contribution in [0.5, 0.6) is 11.6 Å². The van der Waals surface area contributed by atoms with Crippen molar-refractivity contribution in [2.45, 2.75) is 0 Å². The lowest BCUT2D eigenvalue weighted by molar-refractivity contribution is 0.328. The van der Waals surface area contributed by atoms with E-state index in [-0.39, 0.29) is 11.6 Å². The number of nitrogens with two attached hydrogens (primary N) is 1. The molecule has 0 bridgehead atoms. The van der Waals surface area contributed by atoms with E-state index in [2.05, 4.69) is 9.72 Å². The molecular weight excluding hydrogens is 271 g/mol. The van der Waals surface area contributed by atoms with Gasteiger partial charge in [0, 0.05) is 6.07 Å². The normalized spacial score (nSPS) is 10.6. The summed E-state index contributed by atoms with van der Waals surface area (Å²) in [4.78, 5) is 3.52. The van der Waals surface area contributed by atoms with Gasteiger partial charge in [0.05, 0.1) is 11.9 Å². The highest BCUT2D eigenvalue weighted by Crippen LogP contribution is 2.31. The van der Waals surface area contributed by atoms with E-state index >= 15 is 0 Å². The molecule has 19 heavy (non-hydrogen) atoms. The van der Waals surface area contributed by atoms with Crippen LogP contribution in [-0.4, -0.2) is 4.98 Å². The van der Waals surface area contributed by atoms with Gasteiger partial charge in [-0.3, -0.25) is 0 Å². The number of hydrogen-bond acceptors (Lipinski definition) is 3. The van der Waals surface area contributed by atoms with Crippen molar-refractivity contribution < 1.29 is 26.7 Å². The first kappa shape index (κ1) is 13.1. The Balaban J connectivity index is 2.48. The fraction of sp³-hybridized carbons (Fsp3) is 0. The summed E-state index contributed by atoms with van der Waals surface area (Å²) >= 11 is 0. The summed E-state index contributed by atoms with van der Waals surface area (Å²) in [5.41, 5.74) is 5.55. The minimum atomic E-state index is -2.26. The third-order valence-electron chi connectivity index (χ3n) is 2.14. The molecule has 1 heterocycles. The average Bonchev–Trinajstić information content (AvgIpc) is 2.41. The molecular formula is C11H5F5N2O. The van der Waals surface area contributed by atoms with E-state index in [0.29, 0.717) is 0 Å². The second-order valence-electron chi connectivity index (χ2n) is 3.43. The van der Waals surface area contributed by atoms with Crippen molar-refractivity contribution in [2.24, 2.45) is 0 Å². The Morgan fingerprint density at radius 3 is 1.84 bits per heavy atom. The molecule has 1 aromatic heterocycles. The molecule has 0 saturated heterocycles. The van der Waals surface area contributed by atoms with Gasteiger partial charge >= 0.3 is 0 Å². The first-order valence-corrected chi connectivity index (χ1v) is 4.82. The standard InChI is InChI=1S/C11H5F5N2O/c12-6-7(13)9(15)11(10(16)8(6)14)19-5-2-1-4(17)3-18-5/h1-3H,17H2. The van der Waals surface area contributed by atoms with Gasteiger partial charge in [0.25, 0.3) is 0 Å². The maximum Gasteiger partial charge on any atom is 0.219 e. The largest absolute Gasteiger partial charge is 0.433 e. The third kappa shape index (κ3) is 2.28. The molecule has 0 spiro atoms. The molecule has 2 rings (SSSR count). The molecule has 100 valence electrons. The molecule has 0 radical (unpaired) electrons. The van der Waals surface area contributed by atoms with Gasteiger partial charge in [-0.25, -0.2) is 18.2 Å². The molecule has 3 nitrogen and oxygen atoms in total. The van der Waals surface area contributed by atoms with Crippen LogP contribution in [0.4, 0.5) is 27.6 Å². The van der Waals surface area contributed by atoms with Gasteiger partial charge in [0.2, 0.25) is 40.7 Å². The van der Waals surface area contributed by atoms with Crippen molar-refractivity contribution >= 4 is 5.69 Å². The molecule has 0 aliphatic rings. The summed E-state index contributed by atoms with van der Waals surface area (Å²) in [7, 11) is 0. The number of benzene rings is 1. The zero-order valence-electron chi connectivity index (χ0n) is 9.05. The Hall–Kier alpha value is -2.38. The van der Waals surface area contributed by atoms with Crippen molar-refractivity contribution in [3.05, 3.63) is 47.4 Å². The van der Waals surface area contributed by atoms with E-state index in [9.17, 15) is 22.0 Å². The van der Waals surface area contributed by atoms with Gasteiger partial charge in [-0.05, 0) is 6.07 Å². The van der Waals surface area contributed by atoms with E-state index in [4.69, 9.17) is 5.73 Å². The van der Waals surface area contributed by atoms with Gasteiger partial charge in [0.15, 0.2) is 0 Å². The molecule has 1 aromatic carbocycles. The lowest BCUT2D eigenvalue weighted by atomic mass is 10.2. The molecule has 0 aliphatic carbocycles. The third-order valence-corrected chi connectivity index (χ3v) is 2.14. The number of nitrogen functional groups attached to an aromatic ring is 1. The summed E-state index contributed by atoms with van der Waals surface area (Å²) in [6.07, 6.45) is 1.10. The Labute approximate surface area is 103 Å². The maximum atomic E-state index is 13.3. The number of hydrogen-bond donors (Lipinski definition) is 1. The van der Waals surface area contributed by atoms with Crippen LogP contribution < -0.4 is 10.5 Å².